The lowest BCUT2D eigenvalue weighted by Gasteiger charge is -2.56. The van der Waals surface area contributed by atoms with Crippen molar-refractivity contribution >= 4 is 0 Å². The average molecular weight is 243 g/mol. The van der Waals surface area contributed by atoms with Crippen LogP contribution in [0, 0.1) is 11.3 Å². The lowest BCUT2D eigenvalue weighted by atomic mass is 9.51. The van der Waals surface area contributed by atoms with Crippen LogP contribution < -0.4 is 5.32 Å². The van der Waals surface area contributed by atoms with Crippen molar-refractivity contribution in [2.75, 3.05) is 6.54 Å². The van der Waals surface area contributed by atoms with E-state index in [1.165, 1.54) is 45.1 Å². The lowest BCUT2D eigenvalue weighted by molar-refractivity contribution is 0.0381. The molecule has 2 bridgehead atoms. The number of rotatable bonds is 0. The molecule has 0 aromatic carbocycles. The van der Waals surface area contributed by atoms with Crippen LogP contribution in [0.2, 0.25) is 0 Å². The molecule has 0 aromatic rings. The predicted molar refractivity (Wildman–Crippen MR) is 70.2 cm³/mol. The second kappa shape index (κ2) is 3.29. The van der Waals surface area contributed by atoms with Crippen molar-refractivity contribution in [1.82, 2.24) is 5.32 Å². The number of hydrogen-bond donors (Lipinski definition) is 1. The molecule has 5 aliphatic rings. The van der Waals surface area contributed by atoms with Crippen molar-refractivity contribution < 1.29 is 4.74 Å². The van der Waals surface area contributed by atoms with Gasteiger partial charge in [-0.05, 0) is 54.7 Å². The van der Waals surface area contributed by atoms with Gasteiger partial charge in [0.05, 0.1) is 0 Å². The zero-order valence-electron chi connectivity index (χ0n) is 10.8. The van der Waals surface area contributed by atoms with Crippen LogP contribution in [0.5, 0.6) is 0 Å². The van der Waals surface area contributed by atoms with E-state index in [2.05, 4.69) is 17.5 Å². The van der Waals surface area contributed by atoms with Crippen LogP contribution in [0.3, 0.4) is 0 Å². The van der Waals surface area contributed by atoms with Gasteiger partial charge in [0.25, 0.3) is 0 Å². The number of piperidine rings is 1. The van der Waals surface area contributed by atoms with Gasteiger partial charge in [-0.1, -0.05) is 25.0 Å². The molecule has 2 saturated heterocycles. The minimum absolute atomic E-state index is 0.437. The van der Waals surface area contributed by atoms with Crippen molar-refractivity contribution in [3.63, 3.8) is 0 Å². The summed E-state index contributed by atoms with van der Waals surface area (Å²) in [5, 5.41) is 3.80. The van der Waals surface area contributed by atoms with Crippen LogP contribution >= 0.6 is 0 Å². The predicted octanol–water partition coefficient (Wildman–Crippen LogP) is 2.56. The van der Waals surface area contributed by atoms with E-state index in [9.17, 15) is 0 Å². The first-order chi connectivity index (χ1) is 8.88. The summed E-state index contributed by atoms with van der Waals surface area (Å²) < 4.78 is 5.92. The third-order valence-corrected chi connectivity index (χ3v) is 6.18. The quantitative estimate of drug-likeness (QED) is 0.661. The second-order valence-electron chi connectivity index (χ2n) is 6.84. The maximum absolute atomic E-state index is 5.92. The standard InChI is InChI=1S/C16H21NO/c1-2-6-16-7-8-17-12(11(16)3-1)9-10-4-5-13-15(18-13)14(10)16/h4-5,11-13,15,17H,1-3,6-9H2/t11-,12+,13?,15?,16+/m0/s1. The molecule has 3 fully saturated rings. The summed E-state index contributed by atoms with van der Waals surface area (Å²) >= 11 is 0. The summed E-state index contributed by atoms with van der Waals surface area (Å²) in [5.74, 6) is 0.898. The van der Waals surface area contributed by atoms with E-state index in [1.807, 2.05) is 0 Å². The fourth-order valence-electron chi connectivity index (χ4n) is 5.47. The maximum atomic E-state index is 5.92. The van der Waals surface area contributed by atoms with Crippen molar-refractivity contribution in [1.29, 1.82) is 0 Å². The number of ether oxygens (including phenoxy) is 1. The molecule has 2 nitrogen and oxygen atoms in total. The van der Waals surface area contributed by atoms with E-state index in [4.69, 9.17) is 4.74 Å². The van der Waals surface area contributed by atoms with Gasteiger partial charge in [0.2, 0.25) is 0 Å². The second-order valence-corrected chi connectivity index (χ2v) is 6.84. The van der Waals surface area contributed by atoms with Crippen molar-refractivity contribution in [2.45, 2.75) is 56.8 Å². The summed E-state index contributed by atoms with van der Waals surface area (Å²) in [5.41, 5.74) is 3.90. The van der Waals surface area contributed by atoms with Crippen LogP contribution in [0.25, 0.3) is 0 Å². The molecule has 3 aliphatic carbocycles. The average Bonchev–Trinajstić information content (AvgIpc) is 3.17. The minimum Gasteiger partial charge on any atom is -0.360 e. The number of hydrogen-bond acceptors (Lipinski definition) is 2. The largest absolute Gasteiger partial charge is 0.360 e. The molecule has 2 aliphatic heterocycles. The van der Waals surface area contributed by atoms with Gasteiger partial charge in [0, 0.05) is 6.04 Å². The molecule has 18 heavy (non-hydrogen) atoms. The maximum Gasteiger partial charge on any atom is 0.110 e. The van der Waals surface area contributed by atoms with Crippen molar-refractivity contribution in [2.24, 2.45) is 11.3 Å². The zero-order chi connectivity index (χ0) is 11.7. The van der Waals surface area contributed by atoms with E-state index in [0.717, 1.165) is 12.0 Å². The molecule has 96 valence electrons. The van der Waals surface area contributed by atoms with Crippen LogP contribution in [-0.4, -0.2) is 24.8 Å². The molecule has 2 heterocycles. The molecule has 2 heteroatoms. The third-order valence-electron chi connectivity index (χ3n) is 6.18. The summed E-state index contributed by atoms with van der Waals surface area (Å²) in [6, 6.07) is 0.748. The first kappa shape index (κ1) is 10.2. The number of allylic oxidation sites excluding steroid dienone is 1. The van der Waals surface area contributed by atoms with Crippen molar-refractivity contribution in [3.05, 3.63) is 23.3 Å². The zero-order valence-corrected chi connectivity index (χ0v) is 10.8. The highest BCUT2D eigenvalue weighted by atomic mass is 16.6. The van der Waals surface area contributed by atoms with Gasteiger partial charge < -0.3 is 10.1 Å². The van der Waals surface area contributed by atoms with E-state index < -0.39 is 0 Å². The molecule has 5 atom stereocenters. The van der Waals surface area contributed by atoms with Gasteiger partial charge in [-0.3, -0.25) is 0 Å². The fraction of sp³-hybridized carbons (Fsp3) is 0.750. The van der Waals surface area contributed by atoms with Gasteiger partial charge >= 0.3 is 0 Å². The van der Waals surface area contributed by atoms with Gasteiger partial charge in [-0.15, -0.1) is 0 Å². The Morgan fingerprint density at radius 1 is 1.28 bits per heavy atom. The summed E-state index contributed by atoms with van der Waals surface area (Å²) in [4.78, 5) is 0. The molecule has 5 rings (SSSR count). The Hall–Kier alpha value is -0.600. The molecule has 1 saturated carbocycles. The highest BCUT2D eigenvalue weighted by Gasteiger charge is 2.59. The Kier molecular flexibility index (Phi) is 1.87. The van der Waals surface area contributed by atoms with Crippen LogP contribution in [0.1, 0.15) is 38.5 Å². The van der Waals surface area contributed by atoms with Gasteiger partial charge in [-0.2, -0.15) is 0 Å². The third kappa shape index (κ3) is 1.12. The molecule has 0 radical (unpaired) electrons. The number of nitrogens with one attached hydrogen (secondary N) is 1. The van der Waals surface area contributed by atoms with Crippen LogP contribution in [-0.2, 0) is 4.74 Å². The van der Waals surface area contributed by atoms with Crippen LogP contribution in [0.4, 0.5) is 0 Å². The number of epoxide rings is 1. The lowest BCUT2D eigenvalue weighted by Crippen LogP contribution is -2.57. The summed E-state index contributed by atoms with van der Waals surface area (Å²) in [6.45, 7) is 1.22. The number of fused-ring (bicyclic) bond motifs is 2. The first-order valence-electron chi connectivity index (χ1n) is 7.69. The Labute approximate surface area is 108 Å². The smallest absolute Gasteiger partial charge is 0.110 e. The molecular formula is C16H21NO. The molecule has 0 aromatic heterocycles. The normalized spacial score (nSPS) is 52.4. The Balaban J connectivity index is 1.70. The topological polar surface area (TPSA) is 24.6 Å². The van der Waals surface area contributed by atoms with E-state index in [0.29, 0.717) is 17.6 Å². The molecule has 1 N–H and O–H groups in total. The van der Waals surface area contributed by atoms with E-state index in [1.54, 1.807) is 11.1 Å². The SMILES string of the molecule is C1=CC2OC2C2=C1C[C@H]1NCC[C@@]23CCCC[C@@H]13. The first-order valence-corrected chi connectivity index (χ1v) is 7.69. The van der Waals surface area contributed by atoms with E-state index >= 15 is 0 Å². The Bertz CT molecular complexity index is 462. The van der Waals surface area contributed by atoms with Gasteiger partial charge in [0.15, 0.2) is 0 Å². The van der Waals surface area contributed by atoms with Gasteiger partial charge in [-0.25, -0.2) is 0 Å². The molecule has 0 amide bonds. The highest BCUT2D eigenvalue weighted by Crippen LogP contribution is 2.61. The molecule has 0 spiro atoms. The summed E-state index contributed by atoms with van der Waals surface area (Å²) in [7, 11) is 0. The fourth-order valence-corrected chi connectivity index (χ4v) is 5.47. The Morgan fingerprint density at radius 2 is 2.28 bits per heavy atom. The minimum atomic E-state index is 0.437. The molecule has 2 unspecified atom stereocenters. The Morgan fingerprint density at radius 3 is 3.28 bits per heavy atom. The van der Waals surface area contributed by atoms with Gasteiger partial charge in [0.1, 0.15) is 12.2 Å². The summed E-state index contributed by atoms with van der Waals surface area (Å²) in [6.07, 6.45) is 13.9. The van der Waals surface area contributed by atoms with Crippen LogP contribution in [0.15, 0.2) is 23.3 Å². The monoisotopic (exact) mass is 243 g/mol. The molecular weight excluding hydrogens is 222 g/mol. The highest BCUT2D eigenvalue weighted by molar-refractivity contribution is 5.47. The van der Waals surface area contributed by atoms with E-state index in [-0.39, 0.29) is 0 Å². The van der Waals surface area contributed by atoms with Crippen molar-refractivity contribution in [3.8, 4) is 0 Å².